The van der Waals surface area contributed by atoms with Crippen LogP contribution < -0.4 is 10.1 Å². The van der Waals surface area contributed by atoms with Gasteiger partial charge >= 0.3 is 6.09 Å². The van der Waals surface area contributed by atoms with E-state index in [4.69, 9.17) is 9.47 Å². The molecule has 0 fully saturated rings. The molecule has 0 spiro atoms. The van der Waals surface area contributed by atoms with Crippen molar-refractivity contribution in [3.8, 4) is 22.8 Å². The number of ether oxygens (including phenoxy) is 2. The van der Waals surface area contributed by atoms with Crippen LogP contribution in [0, 0.1) is 5.92 Å². The van der Waals surface area contributed by atoms with Gasteiger partial charge in [-0.05, 0) is 38.5 Å². The SMILES string of the molecule is COc1ccc(-n2nc(C(=O)C(C)C)cc2-c2ccc(COC(=O)NC(C)(C)C)cc2)cn1. The van der Waals surface area contributed by atoms with Gasteiger partial charge in [-0.1, -0.05) is 38.1 Å². The normalized spacial score (nSPS) is 11.4. The summed E-state index contributed by atoms with van der Waals surface area (Å²) in [5.74, 6) is 0.283. The number of nitrogens with zero attached hydrogens (tertiary/aromatic N) is 3. The average molecular weight is 451 g/mol. The van der Waals surface area contributed by atoms with Gasteiger partial charge in [0.1, 0.15) is 12.3 Å². The van der Waals surface area contributed by atoms with Crippen LogP contribution in [0.15, 0.2) is 48.7 Å². The van der Waals surface area contributed by atoms with Crippen LogP contribution in [0.4, 0.5) is 4.79 Å². The van der Waals surface area contributed by atoms with E-state index >= 15 is 0 Å². The van der Waals surface area contributed by atoms with Crippen LogP contribution in [0.1, 0.15) is 50.7 Å². The predicted molar refractivity (Wildman–Crippen MR) is 126 cm³/mol. The lowest BCUT2D eigenvalue weighted by molar-refractivity contribution is 0.0933. The predicted octanol–water partition coefficient (Wildman–Crippen LogP) is 4.81. The van der Waals surface area contributed by atoms with Gasteiger partial charge in [-0.2, -0.15) is 5.10 Å². The molecule has 8 heteroatoms. The number of ketones is 1. The van der Waals surface area contributed by atoms with Crippen molar-refractivity contribution in [2.75, 3.05) is 7.11 Å². The number of carbonyl (C=O) groups is 2. The Morgan fingerprint density at radius 1 is 1.09 bits per heavy atom. The Bertz CT molecular complexity index is 1110. The summed E-state index contributed by atoms with van der Waals surface area (Å²) in [5, 5.41) is 7.32. The minimum absolute atomic E-state index is 0.0358. The van der Waals surface area contributed by atoms with Gasteiger partial charge in [0, 0.05) is 23.1 Å². The molecule has 3 rings (SSSR count). The zero-order valence-electron chi connectivity index (χ0n) is 19.9. The number of benzene rings is 1. The fraction of sp³-hybridized carbons (Fsp3) is 0.360. The standard InChI is InChI=1S/C25H30N4O4/c1-16(2)23(30)20-13-21(29(28-20)19-11-12-22(32-6)26-14-19)18-9-7-17(8-10-18)15-33-24(31)27-25(3,4)5/h7-14,16H,15H2,1-6H3,(H,27,31). The minimum atomic E-state index is -0.464. The molecule has 2 heterocycles. The van der Waals surface area contributed by atoms with Gasteiger partial charge < -0.3 is 14.8 Å². The molecule has 3 aromatic rings. The number of carbonyl (C=O) groups excluding carboxylic acids is 2. The maximum atomic E-state index is 12.6. The van der Waals surface area contributed by atoms with E-state index < -0.39 is 6.09 Å². The summed E-state index contributed by atoms with van der Waals surface area (Å²) in [4.78, 5) is 28.8. The van der Waals surface area contributed by atoms with Gasteiger partial charge in [0.2, 0.25) is 5.88 Å². The summed E-state index contributed by atoms with van der Waals surface area (Å²) in [5.41, 5.74) is 3.20. The Morgan fingerprint density at radius 2 is 1.79 bits per heavy atom. The number of aromatic nitrogens is 3. The molecule has 0 aliphatic rings. The topological polar surface area (TPSA) is 95.3 Å². The van der Waals surface area contributed by atoms with Crippen molar-refractivity contribution in [2.45, 2.75) is 46.8 Å². The highest BCUT2D eigenvalue weighted by molar-refractivity contribution is 5.96. The fourth-order valence-electron chi connectivity index (χ4n) is 3.08. The molecule has 8 nitrogen and oxygen atoms in total. The Kier molecular flexibility index (Phi) is 7.16. The minimum Gasteiger partial charge on any atom is -0.481 e. The summed E-state index contributed by atoms with van der Waals surface area (Å²) >= 11 is 0. The number of hydrogen-bond donors (Lipinski definition) is 1. The summed E-state index contributed by atoms with van der Waals surface area (Å²) < 4.78 is 12.1. The number of rotatable bonds is 7. The van der Waals surface area contributed by atoms with Crippen LogP contribution in [-0.4, -0.2) is 39.3 Å². The van der Waals surface area contributed by atoms with Crippen LogP contribution in [0.3, 0.4) is 0 Å². The van der Waals surface area contributed by atoms with Crippen molar-refractivity contribution in [1.82, 2.24) is 20.1 Å². The summed E-state index contributed by atoms with van der Waals surface area (Å²) in [6, 6.07) is 13.0. The number of pyridine rings is 1. The molecule has 1 amide bonds. The van der Waals surface area contributed by atoms with Crippen molar-refractivity contribution in [2.24, 2.45) is 5.92 Å². The van der Waals surface area contributed by atoms with E-state index in [0.717, 1.165) is 16.8 Å². The Balaban J connectivity index is 1.87. The highest BCUT2D eigenvalue weighted by atomic mass is 16.5. The van der Waals surface area contributed by atoms with Crippen molar-refractivity contribution < 1.29 is 19.1 Å². The smallest absolute Gasteiger partial charge is 0.407 e. The zero-order valence-corrected chi connectivity index (χ0v) is 19.9. The van der Waals surface area contributed by atoms with Gasteiger partial charge in [0.05, 0.1) is 24.7 Å². The Morgan fingerprint density at radius 3 is 2.33 bits per heavy atom. The summed E-state index contributed by atoms with van der Waals surface area (Å²) in [7, 11) is 1.55. The van der Waals surface area contributed by atoms with Gasteiger partial charge in [-0.3, -0.25) is 4.79 Å². The number of alkyl carbamates (subject to hydrolysis) is 1. The fourth-order valence-corrected chi connectivity index (χ4v) is 3.08. The molecule has 0 aliphatic carbocycles. The number of amides is 1. The second kappa shape index (κ2) is 9.85. The molecule has 0 atom stereocenters. The molecule has 33 heavy (non-hydrogen) atoms. The molecule has 174 valence electrons. The van der Waals surface area contributed by atoms with E-state index in [1.165, 1.54) is 0 Å². The summed E-state index contributed by atoms with van der Waals surface area (Å²) in [6.07, 6.45) is 1.18. The maximum absolute atomic E-state index is 12.6. The van der Waals surface area contributed by atoms with E-state index in [1.807, 2.05) is 65.0 Å². The lowest BCUT2D eigenvalue weighted by Gasteiger charge is -2.19. The van der Waals surface area contributed by atoms with Crippen LogP contribution in [0.25, 0.3) is 16.9 Å². The van der Waals surface area contributed by atoms with Crippen LogP contribution in [0.5, 0.6) is 5.88 Å². The van der Waals surface area contributed by atoms with Crippen molar-refractivity contribution in [1.29, 1.82) is 0 Å². The van der Waals surface area contributed by atoms with Crippen LogP contribution >= 0.6 is 0 Å². The lowest BCUT2D eigenvalue weighted by atomic mass is 10.0. The molecule has 0 unspecified atom stereocenters. The number of hydrogen-bond acceptors (Lipinski definition) is 6. The molecule has 0 bridgehead atoms. The first-order valence-electron chi connectivity index (χ1n) is 10.8. The Labute approximate surface area is 193 Å². The first-order valence-corrected chi connectivity index (χ1v) is 10.8. The quantitative estimate of drug-likeness (QED) is 0.519. The molecule has 0 saturated carbocycles. The monoisotopic (exact) mass is 450 g/mol. The van der Waals surface area contributed by atoms with Crippen molar-refractivity contribution in [3.63, 3.8) is 0 Å². The van der Waals surface area contributed by atoms with Gasteiger partial charge in [0.25, 0.3) is 0 Å². The molecule has 0 radical (unpaired) electrons. The highest BCUT2D eigenvalue weighted by Gasteiger charge is 2.19. The lowest BCUT2D eigenvalue weighted by Crippen LogP contribution is -2.40. The third-order valence-electron chi connectivity index (χ3n) is 4.76. The van der Waals surface area contributed by atoms with E-state index in [1.54, 1.807) is 30.1 Å². The first-order chi connectivity index (χ1) is 15.6. The van der Waals surface area contributed by atoms with E-state index in [0.29, 0.717) is 17.3 Å². The molecule has 2 aromatic heterocycles. The summed E-state index contributed by atoms with van der Waals surface area (Å²) in [6.45, 7) is 9.52. The molecular formula is C25H30N4O4. The van der Waals surface area contributed by atoms with Crippen LogP contribution in [0.2, 0.25) is 0 Å². The van der Waals surface area contributed by atoms with E-state index in [9.17, 15) is 9.59 Å². The molecule has 1 aromatic carbocycles. The first kappa shape index (κ1) is 24.0. The number of Topliss-reactive ketones (excluding diaryl/α,β-unsaturated/α-hetero) is 1. The molecule has 0 aliphatic heterocycles. The third-order valence-corrected chi connectivity index (χ3v) is 4.76. The van der Waals surface area contributed by atoms with E-state index in [2.05, 4.69) is 15.4 Å². The van der Waals surface area contributed by atoms with Gasteiger partial charge in [0.15, 0.2) is 5.78 Å². The highest BCUT2D eigenvalue weighted by Crippen LogP contribution is 2.26. The maximum Gasteiger partial charge on any atom is 0.407 e. The zero-order chi connectivity index (χ0) is 24.2. The molecule has 0 saturated heterocycles. The van der Waals surface area contributed by atoms with Gasteiger partial charge in [-0.25, -0.2) is 14.5 Å². The van der Waals surface area contributed by atoms with Crippen molar-refractivity contribution in [3.05, 3.63) is 59.9 Å². The Hall–Kier alpha value is -3.68. The number of methoxy groups -OCH3 is 1. The molecule has 1 N–H and O–H groups in total. The average Bonchev–Trinajstić information content (AvgIpc) is 3.21. The largest absolute Gasteiger partial charge is 0.481 e. The molecular weight excluding hydrogens is 420 g/mol. The van der Waals surface area contributed by atoms with E-state index in [-0.39, 0.29) is 23.8 Å². The second-order valence-corrected chi connectivity index (χ2v) is 9.05. The van der Waals surface area contributed by atoms with Crippen molar-refractivity contribution >= 4 is 11.9 Å². The third kappa shape index (κ3) is 6.19. The van der Waals surface area contributed by atoms with Gasteiger partial charge in [-0.15, -0.1) is 0 Å². The number of nitrogens with one attached hydrogen (secondary N) is 1. The van der Waals surface area contributed by atoms with Crippen LogP contribution in [-0.2, 0) is 11.3 Å². The second-order valence-electron chi connectivity index (χ2n) is 9.05.